The van der Waals surface area contributed by atoms with Gasteiger partial charge >= 0.3 is 0 Å². The summed E-state index contributed by atoms with van der Waals surface area (Å²) in [5.41, 5.74) is 1.23. The van der Waals surface area contributed by atoms with E-state index < -0.39 is 0 Å². The Morgan fingerprint density at radius 3 is 2.94 bits per heavy atom. The van der Waals surface area contributed by atoms with E-state index in [4.69, 9.17) is 4.74 Å². The predicted octanol–water partition coefficient (Wildman–Crippen LogP) is 2.95. The predicted molar refractivity (Wildman–Crippen MR) is 70.9 cm³/mol. The van der Waals surface area contributed by atoms with Crippen molar-refractivity contribution >= 4 is 0 Å². The zero-order valence-electron chi connectivity index (χ0n) is 11.1. The molecular weight excluding hydrogens is 226 g/mol. The minimum atomic E-state index is 0.287. The number of benzene rings is 1. The Labute approximate surface area is 108 Å². The van der Waals surface area contributed by atoms with Crippen LogP contribution in [0.5, 0.6) is 11.5 Å². The molecule has 0 radical (unpaired) electrons. The smallest absolute Gasteiger partial charge is 0.127 e. The fourth-order valence-electron chi connectivity index (χ4n) is 3.21. The number of fused-ring (bicyclic) bond motifs is 1. The molecule has 0 saturated carbocycles. The zero-order valence-corrected chi connectivity index (χ0v) is 11.1. The van der Waals surface area contributed by atoms with Crippen molar-refractivity contribution in [1.82, 2.24) is 4.90 Å². The van der Waals surface area contributed by atoms with Crippen LogP contribution in [0, 0.1) is 5.92 Å². The summed E-state index contributed by atoms with van der Waals surface area (Å²) < 4.78 is 5.73. The molecule has 1 fully saturated rings. The third-order valence-electron chi connectivity index (χ3n) is 4.32. The van der Waals surface area contributed by atoms with Crippen LogP contribution in [-0.2, 0) is 0 Å². The van der Waals surface area contributed by atoms with E-state index in [-0.39, 0.29) is 5.75 Å². The molecule has 1 N–H and O–H groups in total. The van der Waals surface area contributed by atoms with Crippen molar-refractivity contribution in [2.24, 2.45) is 5.92 Å². The molecule has 0 aromatic heterocycles. The summed E-state index contributed by atoms with van der Waals surface area (Å²) in [6.07, 6.45) is 2.60. The summed E-state index contributed by atoms with van der Waals surface area (Å²) in [6, 6.07) is 6.48. The maximum Gasteiger partial charge on any atom is 0.127 e. The van der Waals surface area contributed by atoms with Crippen molar-refractivity contribution in [1.29, 1.82) is 0 Å². The van der Waals surface area contributed by atoms with E-state index in [1.807, 2.05) is 6.07 Å². The molecule has 3 heteroatoms. The number of hydrogen-bond acceptors (Lipinski definition) is 3. The molecule has 1 aromatic carbocycles. The van der Waals surface area contributed by atoms with Crippen molar-refractivity contribution in [3.8, 4) is 11.5 Å². The fourth-order valence-corrected chi connectivity index (χ4v) is 3.21. The maximum atomic E-state index is 9.49. The van der Waals surface area contributed by atoms with Crippen LogP contribution < -0.4 is 4.74 Å². The van der Waals surface area contributed by atoms with Gasteiger partial charge in [-0.1, -0.05) is 6.92 Å². The Morgan fingerprint density at radius 2 is 2.11 bits per heavy atom. The lowest BCUT2D eigenvalue weighted by molar-refractivity contribution is 0.0648. The molecular formula is C15H21NO2. The van der Waals surface area contributed by atoms with Crippen molar-refractivity contribution in [3.63, 3.8) is 0 Å². The van der Waals surface area contributed by atoms with Crippen molar-refractivity contribution < 1.29 is 9.84 Å². The van der Waals surface area contributed by atoms with E-state index in [0.717, 1.165) is 24.8 Å². The van der Waals surface area contributed by atoms with E-state index in [1.165, 1.54) is 18.4 Å². The average molecular weight is 247 g/mol. The Morgan fingerprint density at radius 1 is 1.28 bits per heavy atom. The Kier molecular flexibility index (Phi) is 2.94. The Bertz CT molecular complexity index is 446. The van der Waals surface area contributed by atoms with Gasteiger partial charge in [-0.25, -0.2) is 0 Å². The molecule has 1 aromatic rings. The van der Waals surface area contributed by atoms with Crippen molar-refractivity contribution in [2.75, 3.05) is 13.2 Å². The summed E-state index contributed by atoms with van der Waals surface area (Å²) in [5.74, 6) is 1.90. The number of hydrogen-bond donors (Lipinski definition) is 1. The fraction of sp³-hybridized carbons (Fsp3) is 0.600. The standard InChI is InChI=1S/C15H21NO2/c1-10-3-4-11(2)16(8-10)14-9-18-15-7-12(17)5-6-13(14)15/h5-7,10-11,14,17H,3-4,8-9H2,1-2H3. The molecule has 2 heterocycles. The van der Waals surface area contributed by atoms with Gasteiger partial charge < -0.3 is 9.84 Å². The summed E-state index contributed by atoms with van der Waals surface area (Å²) >= 11 is 0. The highest BCUT2D eigenvalue weighted by Gasteiger charge is 2.35. The van der Waals surface area contributed by atoms with Crippen LogP contribution in [0.25, 0.3) is 0 Å². The van der Waals surface area contributed by atoms with Crippen LogP contribution in [0.15, 0.2) is 18.2 Å². The average Bonchev–Trinajstić information content (AvgIpc) is 2.75. The Balaban J connectivity index is 1.86. The number of piperidine rings is 1. The number of aromatic hydroxyl groups is 1. The molecule has 98 valence electrons. The quantitative estimate of drug-likeness (QED) is 0.828. The Hall–Kier alpha value is -1.22. The molecule has 0 amide bonds. The van der Waals surface area contributed by atoms with Gasteiger partial charge in [-0.2, -0.15) is 0 Å². The van der Waals surface area contributed by atoms with Gasteiger partial charge in [0, 0.05) is 24.2 Å². The van der Waals surface area contributed by atoms with E-state index in [0.29, 0.717) is 12.1 Å². The summed E-state index contributed by atoms with van der Waals surface area (Å²) in [6.45, 7) is 6.50. The minimum absolute atomic E-state index is 0.287. The summed E-state index contributed by atoms with van der Waals surface area (Å²) in [7, 11) is 0. The molecule has 1 saturated heterocycles. The molecule has 3 atom stereocenters. The highest BCUT2D eigenvalue weighted by atomic mass is 16.5. The van der Waals surface area contributed by atoms with Gasteiger partial charge in [0.05, 0.1) is 6.04 Å². The van der Waals surface area contributed by atoms with Crippen molar-refractivity contribution in [3.05, 3.63) is 23.8 Å². The highest BCUT2D eigenvalue weighted by molar-refractivity contribution is 5.44. The minimum Gasteiger partial charge on any atom is -0.508 e. The van der Waals surface area contributed by atoms with Gasteiger partial charge in [0.1, 0.15) is 18.1 Å². The van der Waals surface area contributed by atoms with Crippen LogP contribution in [0.3, 0.4) is 0 Å². The second-order valence-corrected chi connectivity index (χ2v) is 5.78. The molecule has 0 bridgehead atoms. The van der Waals surface area contributed by atoms with Crippen LogP contribution >= 0.6 is 0 Å². The van der Waals surface area contributed by atoms with Crippen LogP contribution in [0.1, 0.15) is 38.3 Å². The molecule has 3 unspecified atom stereocenters. The van der Waals surface area contributed by atoms with E-state index in [2.05, 4.69) is 18.7 Å². The summed E-state index contributed by atoms with van der Waals surface area (Å²) in [5, 5.41) is 9.49. The largest absolute Gasteiger partial charge is 0.508 e. The lowest BCUT2D eigenvalue weighted by atomic mass is 9.92. The molecule has 18 heavy (non-hydrogen) atoms. The molecule has 2 aliphatic heterocycles. The summed E-state index contributed by atoms with van der Waals surface area (Å²) in [4.78, 5) is 2.57. The normalized spacial score (nSPS) is 32.0. The molecule has 3 nitrogen and oxygen atoms in total. The van der Waals surface area contributed by atoms with Crippen LogP contribution in [0.4, 0.5) is 0 Å². The lowest BCUT2D eigenvalue weighted by Gasteiger charge is -2.40. The van der Waals surface area contributed by atoms with Gasteiger partial charge in [-0.15, -0.1) is 0 Å². The van der Waals surface area contributed by atoms with Gasteiger partial charge in [-0.05, 0) is 37.8 Å². The number of phenolic OH excluding ortho intramolecular Hbond substituents is 1. The first kappa shape index (κ1) is 11.8. The monoisotopic (exact) mass is 247 g/mol. The molecule has 2 aliphatic rings. The zero-order chi connectivity index (χ0) is 12.7. The topological polar surface area (TPSA) is 32.7 Å². The molecule has 0 spiro atoms. The van der Waals surface area contributed by atoms with Crippen molar-refractivity contribution in [2.45, 2.75) is 38.8 Å². The number of likely N-dealkylation sites (tertiary alicyclic amines) is 1. The van der Waals surface area contributed by atoms with Gasteiger partial charge in [0.15, 0.2) is 0 Å². The van der Waals surface area contributed by atoms with E-state index in [9.17, 15) is 5.11 Å². The van der Waals surface area contributed by atoms with E-state index in [1.54, 1.807) is 12.1 Å². The maximum absolute atomic E-state index is 9.49. The second kappa shape index (κ2) is 4.47. The number of phenols is 1. The van der Waals surface area contributed by atoms with Crippen LogP contribution in [-0.4, -0.2) is 29.2 Å². The van der Waals surface area contributed by atoms with Gasteiger partial charge in [0.25, 0.3) is 0 Å². The van der Waals surface area contributed by atoms with E-state index >= 15 is 0 Å². The lowest BCUT2D eigenvalue weighted by Crippen LogP contribution is -2.43. The molecule has 3 rings (SSSR count). The number of rotatable bonds is 1. The second-order valence-electron chi connectivity index (χ2n) is 5.78. The third-order valence-corrected chi connectivity index (χ3v) is 4.32. The first-order chi connectivity index (χ1) is 8.65. The number of nitrogens with zero attached hydrogens (tertiary/aromatic N) is 1. The molecule has 0 aliphatic carbocycles. The van der Waals surface area contributed by atoms with Gasteiger partial charge in [-0.3, -0.25) is 4.90 Å². The SMILES string of the molecule is CC1CCC(C)N(C2COc3cc(O)ccc32)C1. The third kappa shape index (κ3) is 1.97. The first-order valence-corrected chi connectivity index (χ1v) is 6.86. The van der Waals surface area contributed by atoms with Gasteiger partial charge in [0.2, 0.25) is 0 Å². The number of ether oxygens (including phenoxy) is 1. The highest BCUT2D eigenvalue weighted by Crippen LogP contribution is 2.40. The van der Waals surface area contributed by atoms with Crippen LogP contribution in [0.2, 0.25) is 0 Å². The first-order valence-electron chi connectivity index (χ1n) is 6.86.